The van der Waals surface area contributed by atoms with E-state index in [2.05, 4.69) is 12.2 Å². The van der Waals surface area contributed by atoms with Crippen molar-refractivity contribution in [3.63, 3.8) is 0 Å². The van der Waals surface area contributed by atoms with Crippen molar-refractivity contribution in [1.82, 2.24) is 5.32 Å². The molecule has 1 aromatic rings. The van der Waals surface area contributed by atoms with Crippen LogP contribution < -0.4 is 5.32 Å². The van der Waals surface area contributed by atoms with Crippen molar-refractivity contribution in [2.45, 2.75) is 37.1 Å². The molecule has 2 atom stereocenters. The van der Waals surface area contributed by atoms with Gasteiger partial charge in [0.1, 0.15) is 5.82 Å². The largest absolute Gasteiger partial charge is 0.317 e. The molecule has 1 aromatic carbocycles. The average molecular weight is 257 g/mol. The van der Waals surface area contributed by atoms with E-state index in [1.165, 1.54) is 12.1 Å². The van der Waals surface area contributed by atoms with Gasteiger partial charge in [-0.2, -0.15) is 0 Å². The minimum Gasteiger partial charge on any atom is -0.317 e. The lowest BCUT2D eigenvalue weighted by atomic mass is 10.1. The molecule has 0 saturated carbocycles. The summed E-state index contributed by atoms with van der Waals surface area (Å²) in [7, 11) is 0.869. The first-order valence-corrected chi connectivity index (χ1v) is 7.26. The van der Waals surface area contributed by atoms with Crippen molar-refractivity contribution in [2.75, 3.05) is 12.8 Å². The number of rotatable bonds is 7. The number of halogens is 1. The Kier molecular flexibility index (Phi) is 6.37. The molecule has 0 saturated heterocycles. The monoisotopic (exact) mass is 257 g/mol. The molecule has 0 aliphatic carbocycles. The molecule has 0 spiro atoms. The van der Waals surface area contributed by atoms with Gasteiger partial charge in [-0.3, -0.25) is 4.21 Å². The van der Waals surface area contributed by atoms with E-state index >= 15 is 0 Å². The van der Waals surface area contributed by atoms with Crippen LogP contribution in [0.5, 0.6) is 0 Å². The van der Waals surface area contributed by atoms with Crippen LogP contribution in [0.2, 0.25) is 0 Å². The lowest BCUT2D eigenvalue weighted by molar-refractivity contribution is 0.537. The number of nitrogens with one attached hydrogen (secondary N) is 1. The van der Waals surface area contributed by atoms with Gasteiger partial charge in [-0.15, -0.1) is 0 Å². The highest BCUT2D eigenvalue weighted by atomic mass is 32.2. The van der Waals surface area contributed by atoms with Gasteiger partial charge in [0.25, 0.3) is 0 Å². The number of benzene rings is 1. The molecule has 2 nitrogen and oxygen atoms in total. The summed E-state index contributed by atoms with van der Waals surface area (Å²) in [5.74, 6) is 0.291. The van der Waals surface area contributed by atoms with Gasteiger partial charge in [0.2, 0.25) is 0 Å². The average Bonchev–Trinajstić information content (AvgIpc) is 2.34. The van der Waals surface area contributed by atoms with Crippen LogP contribution in [0.4, 0.5) is 4.39 Å². The molecule has 0 aliphatic heterocycles. The number of hydrogen-bond donors (Lipinski definition) is 1. The van der Waals surface area contributed by atoms with E-state index in [0.29, 0.717) is 16.7 Å². The Labute approximate surface area is 105 Å². The third kappa shape index (κ3) is 5.41. The minimum atomic E-state index is -1.07. The van der Waals surface area contributed by atoms with Gasteiger partial charge in [-0.25, -0.2) is 4.39 Å². The van der Waals surface area contributed by atoms with Crippen LogP contribution in [0, 0.1) is 5.82 Å². The number of hydrogen-bond acceptors (Lipinski definition) is 2. The smallest absolute Gasteiger partial charge is 0.124 e. The molecule has 17 heavy (non-hydrogen) atoms. The van der Waals surface area contributed by atoms with E-state index in [-0.39, 0.29) is 5.82 Å². The fraction of sp³-hybridized carbons (Fsp3) is 0.538. The van der Waals surface area contributed by atoms with Gasteiger partial charge in [-0.05, 0) is 45.0 Å². The maximum absolute atomic E-state index is 12.9. The summed E-state index contributed by atoms with van der Waals surface area (Å²) in [6, 6.07) is 6.54. The fourth-order valence-corrected chi connectivity index (χ4v) is 2.73. The molecule has 4 heteroatoms. The predicted octanol–water partition coefficient (Wildman–Crippen LogP) is 2.71. The Balaban J connectivity index is 2.30. The van der Waals surface area contributed by atoms with Gasteiger partial charge in [0.15, 0.2) is 0 Å². The Morgan fingerprint density at radius 1 is 1.41 bits per heavy atom. The van der Waals surface area contributed by atoms with Crippen LogP contribution in [-0.4, -0.2) is 23.1 Å². The summed E-state index contributed by atoms with van der Waals surface area (Å²) in [6.07, 6.45) is 3.04. The molecule has 2 unspecified atom stereocenters. The van der Waals surface area contributed by atoms with Crippen LogP contribution in [-0.2, 0) is 10.8 Å². The van der Waals surface area contributed by atoms with Gasteiger partial charge >= 0.3 is 0 Å². The van der Waals surface area contributed by atoms with Crippen molar-refractivity contribution in [3.05, 3.63) is 30.1 Å². The van der Waals surface area contributed by atoms with E-state index in [0.717, 1.165) is 19.3 Å². The minimum absolute atomic E-state index is 0.320. The maximum Gasteiger partial charge on any atom is 0.124 e. The first-order valence-electron chi connectivity index (χ1n) is 5.94. The van der Waals surface area contributed by atoms with E-state index in [4.69, 9.17) is 0 Å². The highest BCUT2D eigenvalue weighted by Gasteiger charge is 2.05. The van der Waals surface area contributed by atoms with Gasteiger partial charge in [0.05, 0.1) is 10.8 Å². The van der Waals surface area contributed by atoms with Crippen LogP contribution in [0.15, 0.2) is 29.2 Å². The van der Waals surface area contributed by atoms with E-state index in [1.54, 1.807) is 12.1 Å². The SMILES string of the molecule is CNC(C)CCCCS(=O)c1cccc(F)c1. The van der Waals surface area contributed by atoms with Gasteiger partial charge in [0, 0.05) is 16.7 Å². The van der Waals surface area contributed by atoms with Gasteiger partial charge in [-0.1, -0.05) is 12.5 Å². The van der Waals surface area contributed by atoms with E-state index < -0.39 is 10.8 Å². The summed E-state index contributed by atoms with van der Waals surface area (Å²) in [5, 5.41) is 3.17. The van der Waals surface area contributed by atoms with Crippen LogP contribution in [0.3, 0.4) is 0 Å². The highest BCUT2D eigenvalue weighted by Crippen LogP contribution is 2.11. The van der Waals surface area contributed by atoms with Crippen molar-refractivity contribution < 1.29 is 8.60 Å². The number of unbranched alkanes of at least 4 members (excludes halogenated alkanes) is 1. The summed E-state index contributed by atoms with van der Waals surface area (Å²) < 4.78 is 24.8. The molecule has 0 radical (unpaired) electrons. The van der Waals surface area contributed by atoms with E-state index in [9.17, 15) is 8.60 Å². The molecular weight excluding hydrogens is 237 g/mol. The zero-order valence-corrected chi connectivity index (χ0v) is 11.2. The molecule has 96 valence electrons. The van der Waals surface area contributed by atoms with Crippen molar-refractivity contribution in [2.24, 2.45) is 0 Å². The molecule has 0 aliphatic rings. The molecule has 0 fully saturated rings. The van der Waals surface area contributed by atoms with Crippen molar-refractivity contribution in [3.8, 4) is 0 Å². The molecule has 0 heterocycles. The van der Waals surface area contributed by atoms with Crippen molar-refractivity contribution >= 4 is 10.8 Å². The topological polar surface area (TPSA) is 29.1 Å². The lowest BCUT2D eigenvalue weighted by Gasteiger charge is -2.09. The maximum atomic E-state index is 12.9. The molecule has 0 amide bonds. The molecule has 0 aromatic heterocycles. The Hall–Kier alpha value is -0.740. The zero-order valence-electron chi connectivity index (χ0n) is 10.4. The second-order valence-electron chi connectivity index (χ2n) is 4.19. The third-order valence-electron chi connectivity index (χ3n) is 2.77. The van der Waals surface area contributed by atoms with Crippen LogP contribution in [0.25, 0.3) is 0 Å². The molecular formula is C13H20FNOS. The Morgan fingerprint density at radius 2 is 2.18 bits per heavy atom. The predicted molar refractivity (Wildman–Crippen MR) is 70.0 cm³/mol. The standard InChI is InChI=1S/C13H20FNOS/c1-11(15-2)6-3-4-9-17(16)13-8-5-7-12(14)10-13/h5,7-8,10-11,15H,3-4,6,9H2,1-2H3. The van der Waals surface area contributed by atoms with E-state index in [1.807, 2.05) is 7.05 Å². The summed E-state index contributed by atoms with van der Waals surface area (Å²) in [4.78, 5) is 0.590. The molecule has 1 N–H and O–H groups in total. The second kappa shape index (κ2) is 7.56. The van der Waals surface area contributed by atoms with Crippen molar-refractivity contribution in [1.29, 1.82) is 0 Å². The fourth-order valence-electron chi connectivity index (χ4n) is 1.55. The summed E-state index contributed by atoms with van der Waals surface area (Å²) in [6.45, 7) is 2.13. The summed E-state index contributed by atoms with van der Waals surface area (Å²) in [5.41, 5.74) is 0. The summed E-state index contributed by atoms with van der Waals surface area (Å²) >= 11 is 0. The Bertz CT molecular complexity index is 370. The highest BCUT2D eigenvalue weighted by molar-refractivity contribution is 7.85. The first-order chi connectivity index (χ1) is 8.13. The van der Waals surface area contributed by atoms with Crippen LogP contribution in [0.1, 0.15) is 26.2 Å². The normalized spacial score (nSPS) is 14.5. The quantitative estimate of drug-likeness (QED) is 0.761. The van der Waals surface area contributed by atoms with Crippen LogP contribution >= 0.6 is 0 Å². The Morgan fingerprint density at radius 3 is 2.82 bits per heavy atom. The molecule has 0 bridgehead atoms. The van der Waals surface area contributed by atoms with Gasteiger partial charge < -0.3 is 5.32 Å². The third-order valence-corrected chi connectivity index (χ3v) is 4.21. The first kappa shape index (κ1) is 14.3. The second-order valence-corrected chi connectivity index (χ2v) is 5.76. The zero-order chi connectivity index (χ0) is 12.7. The molecule has 1 rings (SSSR count). The lowest BCUT2D eigenvalue weighted by Crippen LogP contribution is -2.20.